The third-order valence-electron chi connectivity index (χ3n) is 1.29. The summed E-state index contributed by atoms with van der Waals surface area (Å²) in [5, 5.41) is 33.8. The van der Waals surface area contributed by atoms with Crippen molar-refractivity contribution in [2.75, 3.05) is 0 Å². The van der Waals surface area contributed by atoms with E-state index in [4.69, 9.17) is 20.4 Å². The molecule has 0 fully saturated rings. The van der Waals surface area contributed by atoms with E-state index in [9.17, 15) is 14.4 Å². The van der Waals surface area contributed by atoms with Gasteiger partial charge in [-0.2, -0.15) is 0 Å². The van der Waals surface area contributed by atoms with Crippen molar-refractivity contribution in [3.63, 3.8) is 0 Å². The molecule has 0 atom stereocenters. The largest absolute Gasteiger partial charge is 1.00 e. The van der Waals surface area contributed by atoms with Gasteiger partial charge in [0.2, 0.25) is 0 Å². The predicted molar refractivity (Wildman–Crippen MR) is 44.9 cm³/mol. The average molecular weight is 232 g/mol. The van der Waals surface area contributed by atoms with Gasteiger partial charge in [0.25, 0.3) is 0 Å². The quantitative estimate of drug-likeness (QED) is 0.361. The summed E-state index contributed by atoms with van der Waals surface area (Å²) in [7, 11) is 0. The molecule has 0 bridgehead atoms. The first-order valence-corrected chi connectivity index (χ1v) is 3.17. The molecular weight excluding hydrogens is 219 g/mol. The van der Waals surface area contributed by atoms with E-state index in [0.29, 0.717) is 0 Å². The minimum Gasteiger partial charge on any atom is -1.00 e. The van der Waals surface area contributed by atoms with Gasteiger partial charge < -0.3 is 21.9 Å². The van der Waals surface area contributed by atoms with E-state index in [1.807, 2.05) is 0 Å². The fraction of sp³-hybridized carbons (Fsp3) is 0.571. The van der Waals surface area contributed by atoms with Gasteiger partial charge in [0.05, 0.1) is 12.8 Å². The third kappa shape index (κ3) is 7.32. The van der Waals surface area contributed by atoms with E-state index in [0.717, 1.165) is 0 Å². The molecule has 0 heterocycles. The Morgan fingerprint density at radius 3 is 1.40 bits per heavy atom. The molecule has 0 radical (unpaired) electrons. The van der Waals surface area contributed by atoms with Crippen molar-refractivity contribution in [2.45, 2.75) is 25.9 Å². The van der Waals surface area contributed by atoms with Crippen molar-refractivity contribution in [2.24, 2.45) is 0 Å². The Balaban J connectivity index is -0.000000240. The van der Waals surface area contributed by atoms with Gasteiger partial charge in [0.1, 0.15) is 0 Å². The molecule has 0 spiro atoms. The van der Waals surface area contributed by atoms with Gasteiger partial charge in [-0.05, 0) is 0 Å². The van der Waals surface area contributed by atoms with Gasteiger partial charge in [0.15, 0.2) is 5.60 Å². The van der Waals surface area contributed by atoms with E-state index in [2.05, 4.69) is 0 Å². The van der Waals surface area contributed by atoms with E-state index < -0.39 is 36.4 Å². The van der Waals surface area contributed by atoms with Gasteiger partial charge in [-0.25, -0.2) is 4.79 Å². The van der Waals surface area contributed by atoms with Crippen molar-refractivity contribution < 1.29 is 65.8 Å². The standard InChI is InChI=1S/C6H8O7.CH4.Na.H/c7-3(8)1-6(13,5(11)12)2-4(9)10;;;/h13H,1-2H2,(H,7,8)(H,9,10)(H,11,12);1H4;;/q;;+1;-1. The maximum atomic E-state index is 10.3. The molecule has 0 rings (SSSR count). The van der Waals surface area contributed by atoms with Gasteiger partial charge in [-0.1, -0.05) is 7.43 Å². The van der Waals surface area contributed by atoms with Crippen molar-refractivity contribution in [1.82, 2.24) is 0 Å². The smallest absolute Gasteiger partial charge is 1.00 e. The Labute approximate surface area is 109 Å². The van der Waals surface area contributed by atoms with Crippen LogP contribution in [0, 0.1) is 0 Å². The van der Waals surface area contributed by atoms with Crippen molar-refractivity contribution in [3.8, 4) is 0 Å². The first kappa shape index (κ1) is 19.9. The number of carboxylic acid groups (broad SMARTS) is 3. The van der Waals surface area contributed by atoms with E-state index in [-0.39, 0.29) is 38.4 Å². The number of carboxylic acids is 3. The summed E-state index contributed by atoms with van der Waals surface area (Å²) in [6.45, 7) is 0. The Morgan fingerprint density at radius 2 is 1.27 bits per heavy atom. The van der Waals surface area contributed by atoms with Gasteiger partial charge in [-0.3, -0.25) is 9.59 Å². The molecule has 15 heavy (non-hydrogen) atoms. The first-order chi connectivity index (χ1) is 5.78. The monoisotopic (exact) mass is 232 g/mol. The number of aliphatic carboxylic acids is 3. The number of hydrogen-bond donors (Lipinski definition) is 4. The zero-order valence-corrected chi connectivity index (χ0v) is 9.43. The van der Waals surface area contributed by atoms with Gasteiger partial charge in [0, 0.05) is 0 Å². The van der Waals surface area contributed by atoms with Crippen molar-refractivity contribution in [1.29, 1.82) is 0 Å². The van der Waals surface area contributed by atoms with Crippen LogP contribution in [0.3, 0.4) is 0 Å². The molecule has 0 saturated carbocycles. The fourth-order valence-corrected chi connectivity index (χ4v) is 0.714. The van der Waals surface area contributed by atoms with Crippen LogP contribution in [-0.4, -0.2) is 43.9 Å². The third-order valence-corrected chi connectivity index (χ3v) is 1.29. The summed E-state index contributed by atoms with van der Waals surface area (Å²) in [5.74, 6) is -5.02. The van der Waals surface area contributed by atoms with Crippen LogP contribution in [0.1, 0.15) is 21.7 Å². The maximum Gasteiger partial charge on any atom is 1.00 e. The van der Waals surface area contributed by atoms with Crippen LogP contribution in [0.5, 0.6) is 0 Å². The summed E-state index contributed by atoms with van der Waals surface area (Å²) in [4.78, 5) is 30.5. The summed E-state index contributed by atoms with van der Waals surface area (Å²) in [6, 6.07) is 0. The summed E-state index contributed by atoms with van der Waals surface area (Å²) >= 11 is 0. The van der Waals surface area contributed by atoms with E-state index in [1.165, 1.54) is 0 Å². The summed E-state index contributed by atoms with van der Waals surface area (Å²) in [6.07, 6.45) is -2.29. The topological polar surface area (TPSA) is 132 Å². The molecule has 4 N–H and O–H groups in total. The summed E-state index contributed by atoms with van der Waals surface area (Å²) < 4.78 is 0. The van der Waals surface area contributed by atoms with Crippen LogP contribution in [0.15, 0.2) is 0 Å². The number of aliphatic hydroxyl groups is 1. The minimum absolute atomic E-state index is 0. The Hall–Kier alpha value is -0.630. The van der Waals surface area contributed by atoms with Crippen LogP contribution in [-0.2, 0) is 14.4 Å². The SMILES string of the molecule is C.O=C(O)CC(O)(CC(=O)O)C(=O)O.[H-].[Na+]. The molecule has 0 aliphatic rings. The molecule has 0 amide bonds. The predicted octanol–water partition coefficient (Wildman–Crippen LogP) is -3.50. The van der Waals surface area contributed by atoms with Crippen LogP contribution in [0.4, 0.5) is 0 Å². The minimum atomic E-state index is -2.74. The molecule has 0 unspecified atom stereocenters. The molecular formula is C7H13NaO7. The van der Waals surface area contributed by atoms with Gasteiger partial charge in [-0.15, -0.1) is 0 Å². The molecule has 8 heteroatoms. The Kier molecular flexibility index (Phi) is 10.1. The van der Waals surface area contributed by atoms with Crippen molar-refractivity contribution in [3.05, 3.63) is 0 Å². The first-order valence-electron chi connectivity index (χ1n) is 3.17. The zero-order valence-electron chi connectivity index (χ0n) is 8.43. The molecule has 0 aromatic heterocycles. The van der Waals surface area contributed by atoms with Crippen LogP contribution in [0.2, 0.25) is 0 Å². The van der Waals surface area contributed by atoms with Crippen LogP contribution < -0.4 is 29.6 Å². The van der Waals surface area contributed by atoms with Crippen molar-refractivity contribution >= 4 is 17.9 Å². The second-order valence-corrected chi connectivity index (χ2v) is 2.48. The summed E-state index contributed by atoms with van der Waals surface area (Å²) in [5.41, 5.74) is -2.74. The van der Waals surface area contributed by atoms with E-state index in [1.54, 1.807) is 0 Å². The maximum absolute atomic E-state index is 10.3. The fourth-order valence-electron chi connectivity index (χ4n) is 0.714. The molecule has 0 aliphatic carbocycles. The number of rotatable bonds is 5. The number of hydrogen-bond acceptors (Lipinski definition) is 4. The molecule has 7 nitrogen and oxygen atoms in total. The van der Waals surface area contributed by atoms with Gasteiger partial charge >= 0.3 is 47.5 Å². The Morgan fingerprint density at radius 1 is 1.00 bits per heavy atom. The second kappa shape index (κ2) is 7.63. The number of carbonyl (C=O) groups is 3. The molecule has 0 aliphatic heterocycles. The zero-order chi connectivity index (χ0) is 10.6. The second-order valence-electron chi connectivity index (χ2n) is 2.48. The van der Waals surface area contributed by atoms with Crippen LogP contribution in [0.25, 0.3) is 0 Å². The molecule has 0 aromatic carbocycles. The Bertz CT molecular complexity index is 239. The normalized spacial score (nSPS) is 9.40. The molecule has 0 aromatic rings. The van der Waals surface area contributed by atoms with Crippen LogP contribution >= 0.6 is 0 Å². The molecule has 0 saturated heterocycles. The van der Waals surface area contributed by atoms with E-state index >= 15 is 0 Å². The average Bonchev–Trinajstić information content (AvgIpc) is 1.82. The molecule has 84 valence electrons.